The Hall–Kier alpha value is -3.28. The molecule has 178 valence electrons. The van der Waals surface area contributed by atoms with Crippen molar-refractivity contribution in [3.8, 4) is 12.1 Å². The molecule has 0 spiro atoms. The topological polar surface area (TPSA) is 80.3 Å². The summed E-state index contributed by atoms with van der Waals surface area (Å²) in [6, 6.07) is 11.9. The van der Waals surface area contributed by atoms with Crippen molar-refractivity contribution in [2.75, 3.05) is 19.0 Å². The van der Waals surface area contributed by atoms with Gasteiger partial charge in [-0.2, -0.15) is 10.5 Å². The van der Waals surface area contributed by atoms with Gasteiger partial charge in [0.1, 0.15) is 29.2 Å². The maximum Gasteiger partial charge on any atom is 0.137 e. The predicted octanol–water partition coefficient (Wildman–Crippen LogP) is 6.90. The molecule has 1 heterocycles. The first kappa shape index (κ1) is 29.7. The van der Waals surface area contributed by atoms with E-state index in [4.69, 9.17) is 20.4 Å². The highest BCUT2D eigenvalue weighted by Gasteiger charge is 2.10. The minimum Gasteiger partial charge on any atom is -0.462 e. The molecule has 0 aliphatic carbocycles. The van der Waals surface area contributed by atoms with Crippen molar-refractivity contribution in [1.29, 1.82) is 10.5 Å². The number of nitriles is 2. The van der Waals surface area contributed by atoms with Crippen LogP contribution in [-0.2, 0) is 4.74 Å². The second-order valence-corrected chi connectivity index (χ2v) is 8.08. The minimum absolute atomic E-state index is 0.0777. The zero-order chi connectivity index (χ0) is 25.2. The lowest BCUT2D eigenvalue weighted by Crippen LogP contribution is -2.07. The van der Waals surface area contributed by atoms with Gasteiger partial charge in [-0.25, -0.2) is 0 Å². The SMILES string of the molecule is CC(C)O.CC1=CC(=C(C#N)C#N)C=C(/C=C/c2ccc(N(C)C)cc2)O1.CCCCCC. The lowest BCUT2D eigenvalue weighted by molar-refractivity contribution is 0.216. The lowest BCUT2D eigenvalue weighted by atomic mass is 10.1. The van der Waals surface area contributed by atoms with Gasteiger partial charge in [-0.05, 0) is 56.7 Å². The smallest absolute Gasteiger partial charge is 0.137 e. The zero-order valence-corrected chi connectivity index (χ0v) is 21.2. The van der Waals surface area contributed by atoms with Gasteiger partial charge in [0.25, 0.3) is 0 Å². The number of aliphatic hydroxyl groups is 1. The van der Waals surface area contributed by atoms with Crippen molar-refractivity contribution in [3.63, 3.8) is 0 Å². The number of hydrogen-bond donors (Lipinski definition) is 1. The molecule has 5 nitrogen and oxygen atoms in total. The summed E-state index contributed by atoms with van der Waals surface area (Å²) in [5.74, 6) is 1.24. The molecule has 0 saturated carbocycles. The molecule has 1 aromatic rings. The van der Waals surface area contributed by atoms with Gasteiger partial charge in [-0.3, -0.25) is 0 Å². The van der Waals surface area contributed by atoms with Crippen molar-refractivity contribution in [3.05, 3.63) is 70.7 Å². The Morgan fingerprint density at radius 2 is 1.52 bits per heavy atom. The van der Waals surface area contributed by atoms with E-state index in [-0.39, 0.29) is 11.7 Å². The second-order valence-electron chi connectivity index (χ2n) is 8.08. The van der Waals surface area contributed by atoms with Crippen LogP contribution in [0, 0.1) is 22.7 Å². The van der Waals surface area contributed by atoms with E-state index in [2.05, 4.69) is 13.8 Å². The van der Waals surface area contributed by atoms with E-state index in [9.17, 15) is 0 Å². The van der Waals surface area contributed by atoms with E-state index in [1.807, 2.05) is 67.6 Å². The first-order valence-corrected chi connectivity index (χ1v) is 11.4. The van der Waals surface area contributed by atoms with Gasteiger partial charge in [0.2, 0.25) is 0 Å². The largest absolute Gasteiger partial charge is 0.462 e. The molecule has 0 amide bonds. The Labute approximate surface area is 200 Å². The monoisotopic (exact) mass is 449 g/mol. The van der Waals surface area contributed by atoms with Crippen LogP contribution in [-0.4, -0.2) is 25.3 Å². The Kier molecular flexibility index (Phi) is 15.6. The Bertz CT molecular complexity index is 883. The number of hydrogen-bond acceptors (Lipinski definition) is 5. The molecule has 0 aromatic heterocycles. The number of nitrogens with zero attached hydrogens (tertiary/aromatic N) is 3. The molecule has 1 aromatic carbocycles. The second kappa shape index (κ2) is 17.3. The van der Waals surface area contributed by atoms with Crippen LogP contribution in [0.25, 0.3) is 6.08 Å². The standard InChI is InChI=1S/C19H17N3O.C6H14.C3H8O/c1-14-10-16(17(12-20)13-21)11-19(23-14)9-6-15-4-7-18(8-5-15)22(2)3;1-3-5-6-4-2;1-3(2)4/h4-11H,1-3H3;3-6H2,1-2H3;3-4H,1-2H3/b9-6+;;. The van der Waals surface area contributed by atoms with Gasteiger partial charge < -0.3 is 14.7 Å². The molecule has 2 rings (SSSR count). The molecular weight excluding hydrogens is 410 g/mol. The average molecular weight is 450 g/mol. The molecule has 0 unspecified atom stereocenters. The highest BCUT2D eigenvalue weighted by molar-refractivity contribution is 5.59. The fourth-order valence-electron chi connectivity index (χ4n) is 2.60. The maximum absolute atomic E-state index is 8.98. The molecule has 1 N–H and O–H groups in total. The van der Waals surface area contributed by atoms with Gasteiger partial charge in [0, 0.05) is 31.5 Å². The Balaban J connectivity index is 0.000000860. The fraction of sp³-hybridized carbons (Fsp3) is 0.429. The summed E-state index contributed by atoms with van der Waals surface area (Å²) < 4.78 is 5.61. The molecule has 0 bridgehead atoms. The Morgan fingerprint density at radius 1 is 1.00 bits per heavy atom. The maximum atomic E-state index is 8.98. The third-order valence-corrected chi connectivity index (χ3v) is 4.25. The van der Waals surface area contributed by atoms with Crippen LogP contribution in [0.1, 0.15) is 65.9 Å². The number of unbranched alkanes of at least 4 members (excludes halogenated alkanes) is 3. The zero-order valence-electron chi connectivity index (χ0n) is 21.2. The summed E-state index contributed by atoms with van der Waals surface area (Å²) in [5, 5.41) is 26.0. The molecule has 33 heavy (non-hydrogen) atoms. The van der Waals surface area contributed by atoms with Gasteiger partial charge in [-0.15, -0.1) is 0 Å². The summed E-state index contributed by atoms with van der Waals surface area (Å²) in [7, 11) is 3.99. The van der Waals surface area contributed by atoms with Gasteiger partial charge >= 0.3 is 0 Å². The molecule has 1 aliphatic rings. The van der Waals surface area contributed by atoms with Gasteiger partial charge in [-0.1, -0.05) is 57.7 Å². The fourth-order valence-corrected chi connectivity index (χ4v) is 2.60. The quantitative estimate of drug-likeness (QED) is 0.377. The van der Waals surface area contributed by atoms with Crippen LogP contribution < -0.4 is 4.90 Å². The molecule has 0 saturated heterocycles. The molecule has 0 radical (unpaired) electrons. The summed E-state index contributed by atoms with van der Waals surface area (Å²) in [5.41, 5.74) is 2.82. The summed E-state index contributed by atoms with van der Waals surface area (Å²) in [4.78, 5) is 2.04. The van der Waals surface area contributed by atoms with Crippen molar-refractivity contribution in [1.82, 2.24) is 0 Å². The highest BCUT2D eigenvalue weighted by Crippen LogP contribution is 2.23. The van der Waals surface area contributed by atoms with Crippen LogP contribution >= 0.6 is 0 Å². The van der Waals surface area contributed by atoms with Crippen molar-refractivity contribution >= 4 is 11.8 Å². The van der Waals surface area contributed by atoms with Crippen LogP contribution in [0.15, 0.2) is 65.2 Å². The van der Waals surface area contributed by atoms with Gasteiger partial charge in [0.05, 0.1) is 0 Å². The summed E-state index contributed by atoms with van der Waals surface area (Å²) >= 11 is 0. The van der Waals surface area contributed by atoms with E-state index >= 15 is 0 Å². The third kappa shape index (κ3) is 13.7. The van der Waals surface area contributed by atoms with Crippen molar-refractivity contribution in [2.45, 2.75) is 66.4 Å². The lowest BCUT2D eigenvalue weighted by Gasteiger charge is -2.13. The normalized spacial score (nSPS) is 12.2. The highest BCUT2D eigenvalue weighted by atomic mass is 16.5. The third-order valence-electron chi connectivity index (χ3n) is 4.25. The van der Waals surface area contributed by atoms with Crippen molar-refractivity contribution < 1.29 is 9.84 Å². The molecule has 0 atom stereocenters. The van der Waals surface area contributed by atoms with Crippen LogP contribution in [0.3, 0.4) is 0 Å². The average Bonchev–Trinajstić information content (AvgIpc) is 2.77. The number of allylic oxidation sites excluding steroid dienone is 6. The van der Waals surface area contributed by atoms with E-state index in [1.54, 1.807) is 32.9 Å². The molecule has 1 aliphatic heterocycles. The predicted molar refractivity (Wildman–Crippen MR) is 138 cm³/mol. The van der Waals surface area contributed by atoms with E-state index in [0.29, 0.717) is 17.1 Å². The number of benzene rings is 1. The first-order valence-electron chi connectivity index (χ1n) is 11.4. The number of rotatable bonds is 6. The number of ether oxygens (including phenoxy) is 1. The van der Waals surface area contributed by atoms with Crippen LogP contribution in [0.2, 0.25) is 0 Å². The first-order chi connectivity index (χ1) is 15.7. The summed E-state index contributed by atoms with van der Waals surface area (Å²) in [6.07, 6.45) is 12.5. The van der Waals surface area contributed by atoms with E-state index < -0.39 is 0 Å². The number of aliphatic hydroxyl groups excluding tert-OH is 1. The Morgan fingerprint density at radius 3 is 1.94 bits per heavy atom. The summed E-state index contributed by atoms with van der Waals surface area (Å²) in [6.45, 7) is 9.70. The van der Waals surface area contributed by atoms with Crippen LogP contribution in [0.4, 0.5) is 5.69 Å². The van der Waals surface area contributed by atoms with Crippen molar-refractivity contribution in [2.24, 2.45) is 0 Å². The molecule has 5 heteroatoms. The molecule has 0 fully saturated rings. The van der Waals surface area contributed by atoms with Crippen LogP contribution in [0.5, 0.6) is 0 Å². The van der Waals surface area contributed by atoms with E-state index in [0.717, 1.165) is 11.3 Å². The number of anilines is 1. The minimum atomic E-state index is -0.167. The van der Waals surface area contributed by atoms with Gasteiger partial charge in [0.15, 0.2) is 0 Å². The molecular formula is C28H39N3O2. The van der Waals surface area contributed by atoms with E-state index in [1.165, 1.54) is 25.7 Å².